The number of rotatable bonds is 7. The third kappa shape index (κ3) is 3.95. The lowest BCUT2D eigenvalue weighted by molar-refractivity contribution is 0.0697. The Hall–Kier alpha value is -1.68. The molecule has 0 saturated heterocycles. The van der Waals surface area contributed by atoms with Gasteiger partial charge in [0.2, 0.25) is 0 Å². The summed E-state index contributed by atoms with van der Waals surface area (Å²) in [5.41, 5.74) is 1.02. The van der Waals surface area contributed by atoms with Gasteiger partial charge in [-0.15, -0.1) is 0 Å². The van der Waals surface area contributed by atoms with Crippen LogP contribution < -0.4 is 0 Å². The minimum atomic E-state index is -3.17. The molecule has 2 aromatic carbocycles. The van der Waals surface area contributed by atoms with E-state index in [1.54, 1.807) is 32.0 Å². The number of carboxylic acids is 1. The highest BCUT2D eigenvalue weighted by Gasteiger charge is 2.24. The van der Waals surface area contributed by atoms with Crippen molar-refractivity contribution in [3.05, 3.63) is 47.5 Å². The van der Waals surface area contributed by atoms with Crippen LogP contribution in [0.1, 0.15) is 29.8 Å². The van der Waals surface area contributed by atoms with Crippen LogP contribution in [0.5, 0.6) is 0 Å². The molecule has 0 saturated carbocycles. The van der Waals surface area contributed by atoms with Crippen LogP contribution in [0.3, 0.4) is 0 Å². The van der Waals surface area contributed by atoms with Crippen LogP contribution in [-0.4, -0.2) is 24.3 Å². The molecule has 0 amide bonds. The number of fused-ring (bicyclic) bond motifs is 1. The first-order valence-corrected chi connectivity index (χ1v) is 8.84. The molecule has 0 atom stereocenters. The number of carboxylic acid groups (broad SMARTS) is 1. The third-order valence-electron chi connectivity index (χ3n) is 3.18. The first kappa shape index (κ1) is 16.7. The molecule has 0 unspecified atom stereocenters. The van der Waals surface area contributed by atoms with Gasteiger partial charge in [-0.25, -0.2) is 4.79 Å². The van der Waals surface area contributed by atoms with Gasteiger partial charge in [0, 0.05) is 0 Å². The molecule has 0 bridgehead atoms. The average molecular weight is 322 g/mol. The van der Waals surface area contributed by atoms with Crippen molar-refractivity contribution in [3.63, 3.8) is 0 Å². The van der Waals surface area contributed by atoms with E-state index in [9.17, 15) is 9.36 Å². The molecule has 22 heavy (non-hydrogen) atoms. The first-order chi connectivity index (χ1) is 10.5. The van der Waals surface area contributed by atoms with Crippen molar-refractivity contribution >= 4 is 24.3 Å². The second-order valence-corrected chi connectivity index (χ2v) is 6.86. The van der Waals surface area contributed by atoms with Crippen molar-refractivity contribution in [2.75, 3.05) is 13.2 Å². The van der Waals surface area contributed by atoms with Crippen LogP contribution >= 0.6 is 7.60 Å². The van der Waals surface area contributed by atoms with E-state index in [0.717, 1.165) is 16.3 Å². The average Bonchev–Trinajstić information content (AvgIpc) is 2.46. The van der Waals surface area contributed by atoms with E-state index in [2.05, 4.69) is 0 Å². The van der Waals surface area contributed by atoms with Crippen LogP contribution in [0.15, 0.2) is 36.4 Å². The molecule has 0 heterocycles. The number of hydrogen-bond acceptors (Lipinski definition) is 4. The third-order valence-corrected chi connectivity index (χ3v) is 5.24. The summed E-state index contributed by atoms with van der Waals surface area (Å²) in [5.74, 6) is -0.971. The number of aromatic carboxylic acids is 1. The van der Waals surface area contributed by atoms with Gasteiger partial charge in [0.1, 0.15) is 0 Å². The second-order valence-electron chi connectivity index (χ2n) is 4.81. The molecule has 2 aromatic rings. The fraction of sp³-hybridized carbons (Fsp3) is 0.312. The van der Waals surface area contributed by atoms with Gasteiger partial charge in [-0.1, -0.05) is 24.3 Å². The summed E-state index contributed by atoms with van der Waals surface area (Å²) in [7, 11) is -3.17. The number of hydrogen-bond donors (Lipinski definition) is 1. The van der Waals surface area contributed by atoms with E-state index in [4.69, 9.17) is 14.2 Å². The van der Waals surface area contributed by atoms with Crippen LogP contribution in [-0.2, 0) is 19.8 Å². The zero-order valence-electron chi connectivity index (χ0n) is 12.6. The maximum absolute atomic E-state index is 12.6. The van der Waals surface area contributed by atoms with Gasteiger partial charge in [-0.3, -0.25) is 4.57 Å². The van der Waals surface area contributed by atoms with Crippen molar-refractivity contribution in [3.8, 4) is 0 Å². The van der Waals surface area contributed by atoms with E-state index in [1.165, 1.54) is 0 Å². The van der Waals surface area contributed by atoms with E-state index in [1.807, 2.05) is 18.2 Å². The first-order valence-electron chi connectivity index (χ1n) is 7.11. The van der Waals surface area contributed by atoms with Gasteiger partial charge in [0.25, 0.3) is 0 Å². The van der Waals surface area contributed by atoms with Gasteiger partial charge in [0.15, 0.2) is 0 Å². The lowest BCUT2D eigenvalue weighted by atomic mass is 10.0. The van der Waals surface area contributed by atoms with Gasteiger partial charge in [-0.2, -0.15) is 0 Å². The molecule has 118 valence electrons. The lowest BCUT2D eigenvalue weighted by Crippen LogP contribution is -1.99. The lowest BCUT2D eigenvalue weighted by Gasteiger charge is -2.17. The molecule has 0 aliphatic rings. The molecular formula is C16H19O5P. The molecule has 2 rings (SSSR count). The molecule has 5 nitrogen and oxygen atoms in total. The van der Waals surface area contributed by atoms with Gasteiger partial charge in [-0.05, 0) is 42.3 Å². The van der Waals surface area contributed by atoms with Crippen molar-refractivity contribution < 1.29 is 23.5 Å². The fourth-order valence-electron chi connectivity index (χ4n) is 2.27. The zero-order chi connectivity index (χ0) is 16.2. The summed E-state index contributed by atoms with van der Waals surface area (Å²) < 4.78 is 23.1. The second kappa shape index (κ2) is 7.05. The van der Waals surface area contributed by atoms with Crippen molar-refractivity contribution in [1.29, 1.82) is 0 Å². The maximum atomic E-state index is 12.6. The van der Waals surface area contributed by atoms with Crippen LogP contribution in [0.4, 0.5) is 0 Å². The standard InChI is InChI=1S/C16H19O5P/c1-3-20-22(19,21-4-2)11-12-5-6-13-7-8-14(16(17)18)10-15(13)9-12/h5-10H,3-4,11H2,1-2H3,(H,17,18). The molecule has 0 aromatic heterocycles. The topological polar surface area (TPSA) is 72.8 Å². The largest absolute Gasteiger partial charge is 0.478 e. The Kier molecular flexibility index (Phi) is 5.35. The Labute approximate surface area is 129 Å². The number of carbonyl (C=O) groups is 1. The van der Waals surface area contributed by atoms with Crippen LogP contribution in [0.25, 0.3) is 10.8 Å². The molecule has 0 fully saturated rings. The fourth-order valence-corrected chi connectivity index (χ4v) is 3.96. The van der Waals surface area contributed by atoms with E-state index in [0.29, 0.717) is 13.2 Å². The SMILES string of the molecule is CCOP(=O)(Cc1ccc2ccc(C(=O)O)cc2c1)OCC. The maximum Gasteiger partial charge on any atom is 0.335 e. The molecule has 0 aliphatic carbocycles. The van der Waals surface area contributed by atoms with E-state index < -0.39 is 13.6 Å². The molecule has 6 heteroatoms. The van der Waals surface area contributed by atoms with Gasteiger partial charge < -0.3 is 14.2 Å². The van der Waals surface area contributed by atoms with Crippen molar-refractivity contribution in [2.45, 2.75) is 20.0 Å². The molecule has 0 spiro atoms. The molecule has 0 radical (unpaired) electrons. The monoisotopic (exact) mass is 322 g/mol. The highest BCUT2D eigenvalue weighted by atomic mass is 31.2. The quantitative estimate of drug-likeness (QED) is 0.769. The Morgan fingerprint density at radius 3 is 2.27 bits per heavy atom. The summed E-state index contributed by atoms with van der Waals surface area (Å²) in [6, 6.07) is 10.5. The Morgan fingerprint density at radius 1 is 1.05 bits per heavy atom. The summed E-state index contributed by atoms with van der Waals surface area (Å²) in [6.07, 6.45) is 0.169. The van der Waals surface area contributed by atoms with Gasteiger partial charge in [0.05, 0.1) is 24.9 Å². The molecule has 1 N–H and O–H groups in total. The highest BCUT2D eigenvalue weighted by Crippen LogP contribution is 2.51. The van der Waals surface area contributed by atoms with Crippen LogP contribution in [0.2, 0.25) is 0 Å². The minimum Gasteiger partial charge on any atom is -0.478 e. The molecule has 0 aliphatic heterocycles. The smallest absolute Gasteiger partial charge is 0.335 e. The highest BCUT2D eigenvalue weighted by molar-refractivity contribution is 7.53. The summed E-state index contributed by atoms with van der Waals surface area (Å²) in [5, 5.41) is 10.8. The molecular weight excluding hydrogens is 303 g/mol. The normalized spacial score (nSPS) is 11.7. The van der Waals surface area contributed by atoms with Crippen LogP contribution in [0, 0.1) is 0 Å². The van der Waals surface area contributed by atoms with Crippen molar-refractivity contribution in [2.24, 2.45) is 0 Å². The zero-order valence-corrected chi connectivity index (χ0v) is 13.5. The van der Waals surface area contributed by atoms with E-state index in [-0.39, 0.29) is 11.7 Å². The predicted molar refractivity (Wildman–Crippen MR) is 85.5 cm³/mol. The predicted octanol–water partition coefficient (Wildman–Crippen LogP) is 4.30. The Bertz CT molecular complexity index is 716. The van der Waals surface area contributed by atoms with Gasteiger partial charge >= 0.3 is 13.6 Å². The Morgan fingerprint density at radius 2 is 1.68 bits per heavy atom. The minimum absolute atomic E-state index is 0.169. The van der Waals surface area contributed by atoms with E-state index >= 15 is 0 Å². The number of benzene rings is 2. The summed E-state index contributed by atoms with van der Waals surface area (Å²) in [6.45, 7) is 4.17. The van der Waals surface area contributed by atoms with Crippen molar-refractivity contribution in [1.82, 2.24) is 0 Å². The Balaban J connectivity index is 2.35. The summed E-state index contributed by atoms with van der Waals surface area (Å²) in [4.78, 5) is 11.0. The summed E-state index contributed by atoms with van der Waals surface area (Å²) >= 11 is 0.